The molecule has 0 saturated heterocycles. The van der Waals surface area contributed by atoms with E-state index in [9.17, 15) is 5.11 Å². The average molecular weight is 430 g/mol. The largest absolute Gasteiger partial charge is 0.390 e. The molecule has 0 aliphatic carbocycles. The molecule has 0 radical (unpaired) electrons. The van der Waals surface area contributed by atoms with Crippen LogP contribution in [0.3, 0.4) is 0 Å². The van der Waals surface area contributed by atoms with Crippen molar-refractivity contribution in [3.63, 3.8) is 0 Å². The molecule has 1 unspecified atom stereocenters. The Morgan fingerprint density at radius 2 is 1.32 bits per heavy atom. The molecule has 0 amide bonds. The summed E-state index contributed by atoms with van der Waals surface area (Å²) >= 11 is 3.73. The molecule has 1 aliphatic heterocycles. The van der Waals surface area contributed by atoms with Crippen LogP contribution >= 0.6 is 23.5 Å². The Kier molecular flexibility index (Phi) is 19.2. The lowest BCUT2D eigenvalue weighted by molar-refractivity contribution is 0.164. The number of aliphatic hydroxyl groups excluding tert-OH is 1. The van der Waals surface area contributed by atoms with Gasteiger partial charge < -0.3 is 10.0 Å². The minimum atomic E-state index is -0.186. The Bertz CT molecular complexity index is 351. The molecule has 1 aliphatic rings. The standard InChI is InChI=1S/C24H47NOS2/c1-2-3-4-5-6-7-8-9-10-11-12-13-14-15-16-17-19-27-22-24(26)21-25-18-20-28-23-25/h18,20,24,26H,2-17,19,21-23H2,1H3. The van der Waals surface area contributed by atoms with E-state index in [4.69, 9.17) is 0 Å². The lowest BCUT2D eigenvalue weighted by Crippen LogP contribution is -2.28. The SMILES string of the molecule is CCCCCCCCCCCCCCCCCCSCC(O)CN1C=CSC1. The van der Waals surface area contributed by atoms with Gasteiger partial charge in [0.1, 0.15) is 0 Å². The number of β-amino-alcohol motifs (C(OH)–C–C–N with tert-alkyl or cyclic N) is 1. The molecule has 1 rings (SSSR count). The van der Waals surface area contributed by atoms with E-state index in [-0.39, 0.29) is 6.10 Å². The van der Waals surface area contributed by atoms with Crippen molar-refractivity contribution in [2.75, 3.05) is 23.9 Å². The van der Waals surface area contributed by atoms with Crippen molar-refractivity contribution in [2.24, 2.45) is 0 Å². The second kappa shape index (κ2) is 20.5. The summed E-state index contributed by atoms with van der Waals surface area (Å²) in [7, 11) is 0. The van der Waals surface area contributed by atoms with E-state index in [0.29, 0.717) is 0 Å². The highest BCUT2D eigenvalue weighted by atomic mass is 32.2. The molecule has 0 aromatic heterocycles. The molecule has 0 saturated carbocycles. The highest BCUT2D eigenvalue weighted by Gasteiger charge is 2.11. The first-order valence-corrected chi connectivity index (χ1v) is 14.3. The minimum Gasteiger partial charge on any atom is -0.390 e. The van der Waals surface area contributed by atoms with Gasteiger partial charge in [-0.05, 0) is 17.6 Å². The van der Waals surface area contributed by atoms with E-state index >= 15 is 0 Å². The first-order valence-electron chi connectivity index (χ1n) is 12.1. The van der Waals surface area contributed by atoms with Gasteiger partial charge in [0.25, 0.3) is 0 Å². The summed E-state index contributed by atoms with van der Waals surface area (Å²) in [5.74, 6) is 3.09. The van der Waals surface area contributed by atoms with Crippen molar-refractivity contribution in [3.05, 3.63) is 11.6 Å². The molecule has 0 fully saturated rings. The summed E-state index contributed by atoms with van der Waals surface area (Å²) in [6.45, 7) is 3.08. The minimum absolute atomic E-state index is 0.186. The van der Waals surface area contributed by atoms with Crippen LogP contribution in [0.15, 0.2) is 11.6 Å². The van der Waals surface area contributed by atoms with Crippen LogP contribution in [0.5, 0.6) is 0 Å². The van der Waals surface area contributed by atoms with Gasteiger partial charge in [0.15, 0.2) is 0 Å². The number of hydrogen-bond acceptors (Lipinski definition) is 4. The van der Waals surface area contributed by atoms with Gasteiger partial charge in [0.2, 0.25) is 0 Å². The maximum Gasteiger partial charge on any atom is 0.0805 e. The highest BCUT2D eigenvalue weighted by Crippen LogP contribution is 2.17. The van der Waals surface area contributed by atoms with E-state index in [1.807, 2.05) is 11.8 Å². The van der Waals surface area contributed by atoms with Gasteiger partial charge in [-0.3, -0.25) is 0 Å². The summed E-state index contributed by atoms with van der Waals surface area (Å²) in [4.78, 5) is 2.20. The summed E-state index contributed by atoms with van der Waals surface area (Å²) < 4.78 is 0. The number of rotatable bonds is 21. The first-order chi connectivity index (χ1) is 13.8. The van der Waals surface area contributed by atoms with E-state index in [1.54, 1.807) is 11.8 Å². The Labute approximate surface area is 184 Å². The molecule has 1 N–H and O–H groups in total. The average Bonchev–Trinajstić information content (AvgIpc) is 3.20. The van der Waals surface area contributed by atoms with Gasteiger partial charge >= 0.3 is 0 Å². The van der Waals surface area contributed by atoms with Crippen LogP contribution in [0.4, 0.5) is 0 Å². The van der Waals surface area contributed by atoms with E-state index < -0.39 is 0 Å². The van der Waals surface area contributed by atoms with Gasteiger partial charge in [-0.2, -0.15) is 11.8 Å². The predicted molar refractivity (Wildman–Crippen MR) is 131 cm³/mol. The lowest BCUT2D eigenvalue weighted by Gasteiger charge is -2.18. The van der Waals surface area contributed by atoms with Gasteiger partial charge in [0.05, 0.1) is 12.0 Å². The summed E-state index contributed by atoms with van der Waals surface area (Å²) in [5.41, 5.74) is 0. The van der Waals surface area contributed by atoms with Crippen molar-refractivity contribution in [3.8, 4) is 0 Å². The van der Waals surface area contributed by atoms with Crippen LogP contribution in [0, 0.1) is 0 Å². The maximum atomic E-state index is 10.0. The van der Waals surface area contributed by atoms with Crippen LogP contribution in [0.25, 0.3) is 0 Å². The predicted octanol–water partition coefficient (Wildman–Crippen LogP) is 7.82. The first kappa shape index (κ1) is 26.2. The Balaban J connectivity index is 1.68. The topological polar surface area (TPSA) is 23.5 Å². The Hall–Kier alpha value is 0.200. The number of nitrogens with zero attached hydrogens (tertiary/aromatic N) is 1. The zero-order valence-electron chi connectivity index (χ0n) is 18.6. The third-order valence-electron chi connectivity index (χ3n) is 5.51. The van der Waals surface area contributed by atoms with Crippen molar-refractivity contribution >= 4 is 23.5 Å². The third kappa shape index (κ3) is 17.1. The zero-order valence-corrected chi connectivity index (χ0v) is 20.2. The number of thioether (sulfide) groups is 2. The second-order valence-electron chi connectivity index (χ2n) is 8.38. The van der Waals surface area contributed by atoms with Gasteiger partial charge in [-0.15, -0.1) is 11.8 Å². The quantitative estimate of drug-likeness (QED) is 0.188. The van der Waals surface area contributed by atoms with Gasteiger partial charge in [-0.1, -0.05) is 103 Å². The highest BCUT2D eigenvalue weighted by molar-refractivity contribution is 8.02. The maximum absolute atomic E-state index is 10.0. The summed E-state index contributed by atoms with van der Waals surface area (Å²) in [6, 6.07) is 0. The third-order valence-corrected chi connectivity index (χ3v) is 7.50. The fraction of sp³-hybridized carbons (Fsp3) is 0.917. The normalized spacial score (nSPS) is 14.9. The monoisotopic (exact) mass is 429 g/mol. The van der Waals surface area contributed by atoms with Crippen LogP contribution in [-0.2, 0) is 0 Å². The molecule has 0 aromatic carbocycles. The van der Waals surface area contributed by atoms with E-state index in [0.717, 1.165) is 18.2 Å². The summed E-state index contributed by atoms with van der Waals surface area (Å²) in [5, 5.41) is 12.1. The molecule has 1 heterocycles. The van der Waals surface area contributed by atoms with Crippen LogP contribution in [0.2, 0.25) is 0 Å². The second-order valence-corrected chi connectivity index (χ2v) is 10.4. The van der Waals surface area contributed by atoms with Crippen molar-refractivity contribution < 1.29 is 5.11 Å². The van der Waals surface area contributed by atoms with Crippen molar-refractivity contribution in [2.45, 2.75) is 116 Å². The van der Waals surface area contributed by atoms with Crippen molar-refractivity contribution in [1.82, 2.24) is 4.90 Å². The fourth-order valence-corrected chi connectivity index (χ4v) is 5.40. The molecule has 4 heteroatoms. The number of unbranched alkanes of at least 4 members (excludes halogenated alkanes) is 15. The van der Waals surface area contributed by atoms with E-state index in [2.05, 4.69) is 23.4 Å². The zero-order chi connectivity index (χ0) is 20.1. The molecular formula is C24H47NOS2. The molecule has 0 spiro atoms. The van der Waals surface area contributed by atoms with Crippen LogP contribution in [0.1, 0.15) is 110 Å². The molecule has 28 heavy (non-hydrogen) atoms. The summed E-state index contributed by atoms with van der Waals surface area (Å²) in [6.07, 6.45) is 24.8. The molecule has 166 valence electrons. The smallest absolute Gasteiger partial charge is 0.0805 e. The van der Waals surface area contributed by atoms with Gasteiger partial charge in [0, 0.05) is 18.5 Å². The molecule has 0 aromatic rings. The fourth-order valence-electron chi connectivity index (χ4n) is 3.72. The van der Waals surface area contributed by atoms with Gasteiger partial charge in [-0.25, -0.2) is 0 Å². The lowest BCUT2D eigenvalue weighted by atomic mass is 10.0. The molecule has 0 bridgehead atoms. The molecule has 1 atom stereocenters. The van der Waals surface area contributed by atoms with E-state index in [1.165, 1.54) is 108 Å². The van der Waals surface area contributed by atoms with Crippen LogP contribution in [-0.4, -0.2) is 40.0 Å². The Morgan fingerprint density at radius 1 is 0.821 bits per heavy atom. The van der Waals surface area contributed by atoms with Crippen LogP contribution < -0.4 is 0 Å². The Morgan fingerprint density at radius 3 is 1.79 bits per heavy atom. The number of aliphatic hydroxyl groups is 1. The molecular weight excluding hydrogens is 382 g/mol. The molecule has 2 nitrogen and oxygen atoms in total. The number of hydrogen-bond donors (Lipinski definition) is 1. The van der Waals surface area contributed by atoms with Crippen molar-refractivity contribution in [1.29, 1.82) is 0 Å².